The highest BCUT2D eigenvalue weighted by Crippen LogP contribution is 2.21. The van der Waals surface area contributed by atoms with Gasteiger partial charge in [-0.05, 0) is 26.7 Å². The molecule has 2 unspecified atom stereocenters. The first-order valence-electron chi connectivity index (χ1n) is 6.16. The number of carbonyl (C=O) groups excluding carboxylic acids is 1. The molecule has 1 amide bonds. The van der Waals surface area contributed by atoms with Gasteiger partial charge in [0.1, 0.15) is 6.10 Å². The van der Waals surface area contributed by atoms with E-state index >= 15 is 0 Å². The SMILES string of the molecule is CC(C)OCCN(C)C(=O)C1CCC(C(=O)O)O1. The summed E-state index contributed by atoms with van der Waals surface area (Å²) in [6.07, 6.45) is -0.491. The van der Waals surface area contributed by atoms with Crippen LogP contribution in [0.4, 0.5) is 0 Å². The Morgan fingerprint density at radius 1 is 1.39 bits per heavy atom. The Kier molecular flexibility index (Phi) is 5.55. The van der Waals surface area contributed by atoms with E-state index in [-0.39, 0.29) is 12.0 Å². The third kappa shape index (κ3) is 4.27. The smallest absolute Gasteiger partial charge is 0.332 e. The van der Waals surface area contributed by atoms with Crippen molar-refractivity contribution < 1.29 is 24.2 Å². The molecular formula is C12H21NO5. The molecule has 1 aliphatic heterocycles. The van der Waals surface area contributed by atoms with Crippen molar-refractivity contribution in [1.29, 1.82) is 0 Å². The van der Waals surface area contributed by atoms with Gasteiger partial charge >= 0.3 is 5.97 Å². The van der Waals surface area contributed by atoms with E-state index in [4.69, 9.17) is 14.6 Å². The van der Waals surface area contributed by atoms with Crippen molar-refractivity contribution in [3.05, 3.63) is 0 Å². The Morgan fingerprint density at radius 3 is 2.50 bits per heavy atom. The molecule has 0 saturated carbocycles. The van der Waals surface area contributed by atoms with Crippen molar-refractivity contribution in [2.45, 2.75) is 45.0 Å². The van der Waals surface area contributed by atoms with Gasteiger partial charge in [0, 0.05) is 13.6 Å². The van der Waals surface area contributed by atoms with Gasteiger partial charge in [-0.2, -0.15) is 0 Å². The van der Waals surface area contributed by atoms with Gasteiger partial charge in [-0.25, -0.2) is 4.79 Å². The number of rotatable bonds is 6. The lowest BCUT2D eigenvalue weighted by Gasteiger charge is -2.21. The summed E-state index contributed by atoms with van der Waals surface area (Å²) in [5.41, 5.74) is 0. The maximum absolute atomic E-state index is 11.9. The molecule has 0 aromatic rings. The quantitative estimate of drug-likeness (QED) is 0.751. The van der Waals surface area contributed by atoms with E-state index in [2.05, 4.69) is 0 Å². The predicted molar refractivity (Wildman–Crippen MR) is 64.3 cm³/mol. The molecule has 0 aromatic heterocycles. The van der Waals surface area contributed by atoms with Crippen molar-refractivity contribution in [2.24, 2.45) is 0 Å². The van der Waals surface area contributed by atoms with E-state index in [0.29, 0.717) is 26.0 Å². The molecule has 1 N–H and O–H groups in total. The number of hydrogen-bond donors (Lipinski definition) is 1. The molecule has 1 rings (SSSR count). The van der Waals surface area contributed by atoms with Crippen LogP contribution in [0.5, 0.6) is 0 Å². The minimum absolute atomic E-state index is 0.132. The number of nitrogens with zero attached hydrogens (tertiary/aromatic N) is 1. The van der Waals surface area contributed by atoms with Crippen LogP contribution in [-0.2, 0) is 19.1 Å². The number of likely N-dealkylation sites (N-methyl/N-ethyl adjacent to an activating group) is 1. The summed E-state index contributed by atoms with van der Waals surface area (Å²) in [7, 11) is 1.67. The van der Waals surface area contributed by atoms with Crippen LogP contribution in [0.1, 0.15) is 26.7 Å². The van der Waals surface area contributed by atoms with Crippen LogP contribution in [0.3, 0.4) is 0 Å². The van der Waals surface area contributed by atoms with Crippen LogP contribution in [0.25, 0.3) is 0 Å². The monoisotopic (exact) mass is 259 g/mol. The molecule has 0 radical (unpaired) electrons. The fourth-order valence-corrected chi connectivity index (χ4v) is 1.78. The molecule has 1 heterocycles. The first kappa shape index (κ1) is 14.9. The lowest BCUT2D eigenvalue weighted by atomic mass is 10.2. The summed E-state index contributed by atoms with van der Waals surface area (Å²) in [5.74, 6) is -1.18. The third-order valence-corrected chi connectivity index (χ3v) is 2.82. The molecule has 0 aromatic carbocycles. The molecule has 0 bridgehead atoms. The topological polar surface area (TPSA) is 76.1 Å². The van der Waals surface area contributed by atoms with E-state index in [1.807, 2.05) is 13.8 Å². The Labute approximate surface area is 107 Å². The first-order valence-corrected chi connectivity index (χ1v) is 6.16. The molecule has 0 aliphatic carbocycles. The standard InChI is InChI=1S/C12H21NO5/c1-8(2)17-7-6-13(3)11(14)9-4-5-10(18-9)12(15)16/h8-10H,4-7H2,1-3H3,(H,15,16). The summed E-state index contributed by atoms with van der Waals surface area (Å²) < 4.78 is 10.6. The van der Waals surface area contributed by atoms with Crippen LogP contribution in [0.2, 0.25) is 0 Å². The highest BCUT2D eigenvalue weighted by atomic mass is 16.5. The van der Waals surface area contributed by atoms with Gasteiger partial charge < -0.3 is 19.5 Å². The summed E-state index contributed by atoms with van der Waals surface area (Å²) in [5, 5.41) is 8.78. The Balaban J connectivity index is 2.33. The fraction of sp³-hybridized carbons (Fsp3) is 0.833. The van der Waals surface area contributed by atoms with E-state index in [9.17, 15) is 9.59 Å². The lowest BCUT2D eigenvalue weighted by molar-refractivity contribution is -0.154. The molecule has 1 fully saturated rings. The summed E-state index contributed by atoms with van der Waals surface area (Å²) >= 11 is 0. The summed E-state index contributed by atoms with van der Waals surface area (Å²) in [6, 6.07) is 0. The van der Waals surface area contributed by atoms with E-state index in [1.165, 1.54) is 4.90 Å². The van der Waals surface area contributed by atoms with Crippen LogP contribution < -0.4 is 0 Å². The van der Waals surface area contributed by atoms with E-state index in [0.717, 1.165) is 0 Å². The van der Waals surface area contributed by atoms with Crippen molar-refractivity contribution in [3.8, 4) is 0 Å². The van der Waals surface area contributed by atoms with Crippen LogP contribution in [-0.4, -0.2) is 60.4 Å². The van der Waals surface area contributed by atoms with E-state index < -0.39 is 18.2 Å². The van der Waals surface area contributed by atoms with Crippen molar-refractivity contribution in [1.82, 2.24) is 4.90 Å². The largest absolute Gasteiger partial charge is 0.479 e. The van der Waals surface area contributed by atoms with Gasteiger partial charge in [-0.15, -0.1) is 0 Å². The van der Waals surface area contributed by atoms with Gasteiger partial charge in [-0.1, -0.05) is 0 Å². The predicted octanol–water partition coefficient (Wildman–Crippen LogP) is 0.502. The zero-order valence-corrected chi connectivity index (χ0v) is 11.1. The maximum Gasteiger partial charge on any atom is 0.332 e. The fourth-order valence-electron chi connectivity index (χ4n) is 1.78. The number of carboxylic acid groups (broad SMARTS) is 1. The molecule has 2 atom stereocenters. The second kappa shape index (κ2) is 6.70. The number of hydrogen-bond acceptors (Lipinski definition) is 4. The van der Waals surface area contributed by atoms with Crippen LogP contribution in [0.15, 0.2) is 0 Å². The average Bonchev–Trinajstić information content (AvgIpc) is 2.76. The minimum Gasteiger partial charge on any atom is -0.479 e. The van der Waals surface area contributed by atoms with Gasteiger partial charge in [0.25, 0.3) is 5.91 Å². The number of ether oxygens (including phenoxy) is 2. The Hall–Kier alpha value is -1.14. The maximum atomic E-state index is 11.9. The van der Waals surface area contributed by atoms with Crippen molar-refractivity contribution in [2.75, 3.05) is 20.2 Å². The molecule has 18 heavy (non-hydrogen) atoms. The van der Waals surface area contributed by atoms with Gasteiger partial charge in [0.2, 0.25) is 0 Å². The zero-order valence-electron chi connectivity index (χ0n) is 11.1. The Morgan fingerprint density at radius 2 is 2.00 bits per heavy atom. The average molecular weight is 259 g/mol. The summed E-state index contributed by atoms with van der Waals surface area (Å²) in [4.78, 5) is 24.2. The molecule has 6 heteroatoms. The van der Waals surface area contributed by atoms with Crippen LogP contribution in [0, 0.1) is 0 Å². The highest BCUT2D eigenvalue weighted by molar-refractivity contribution is 5.82. The molecule has 6 nitrogen and oxygen atoms in total. The number of carbonyl (C=O) groups is 2. The first-order chi connectivity index (χ1) is 8.41. The van der Waals surface area contributed by atoms with Crippen LogP contribution >= 0.6 is 0 Å². The number of amides is 1. The number of carboxylic acids is 1. The van der Waals surface area contributed by atoms with Crippen molar-refractivity contribution >= 4 is 11.9 Å². The Bertz CT molecular complexity index is 305. The second-order valence-electron chi connectivity index (χ2n) is 4.71. The normalized spacial score (nSPS) is 23.3. The number of aliphatic carboxylic acids is 1. The lowest BCUT2D eigenvalue weighted by Crippen LogP contribution is -2.39. The van der Waals surface area contributed by atoms with Gasteiger partial charge in [-0.3, -0.25) is 4.79 Å². The highest BCUT2D eigenvalue weighted by Gasteiger charge is 2.35. The second-order valence-corrected chi connectivity index (χ2v) is 4.71. The summed E-state index contributed by atoms with van der Waals surface area (Å²) in [6.45, 7) is 4.81. The molecule has 104 valence electrons. The van der Waals surface area contributed by atoms with Crippen molar-refractivity contribution in [3.63, 3.8) is 0 Å². The molecule has 1 saturated heterocycles. The third-order valence-electron chi connectivity index (χ3n) is 2.82. The molecular weight excluding hydrogens is 238 g/mol. The van der Waals surface area contributed by atoms with Gasteiger partial charge in [0.05, 0.1) is 12.7 Å². The van der Waals surface area contributed by atoms with E-state index in [1.54, 1.807) is 7.05 Å². The minimum atomic E-state index is -1.00. The van der Waals surface area contributed by atoms with Gasteiger partial charge in [0.15, 0.2) is 6.10 Å². The zero-order chi connectivity index (χ0) is 13.7. The molecule has 1 aliphatic rings. The molecule has 0 spiro atoms.